The van der Waals surface area contributed by atoms with Crippen LogP contribution in [-0.4, -0.2) is 42.4 Å². The van der Waals surface area contributed by atoms with Crippen molar-refractivity contribution in [2.45, 2.75) is 19.8 Å². The summed E-state index contributed by atoms with van der Waals surface area (Å²) in [5.41, 5.74) is -0.411. The van der Waals surface area contributed by atoms with E-state index in [-0.39, 0.29) is 6.61 Å². The molecule has 13 heavy (non-hydrogen) atoms. The first-order valence-corrected chi connectivity index (χ1v) is 4.13. The van der Waals surface area contributed by atoms with Crippen LogP contribution in [0.5, 0.6) is 0 Å². The van der Waals surface area contributed by atoms with Crippen LogP contribution < -0.4 is 5.32 Å². The molecule has 0 saturated carbocycles. The molecule has 80 valence electrons. The number of hydrogen-bond donors (Lipinski definition) is 3. The lowest BCUT2D eigenvalue weighted by Crippen LogP contribution is -2.41. The summed E-state index contributed by atoms with van der Waals surface area (Å²) in [6.07, 6.45) is 0. The molecule has 0 saturated heterocycles. The van der Waals surface area contributed by atoms with E-state index in [2.05, 4.69) is 5.32 Å². The molecule has 0 heterocycles. The average Bonchev–Trinajstić information content (AvgIpc) is 2.04. The third kappa shape index (κ3) is 5.90. The summed E-state index contributed by atoms with van der Waals surface area (Å²) in [5.74, 6) is -3.08. The predicted octanol–water partition coefficient (Wildman–Crippen LogP) is 0.222. The minimum absolute atomic E-state index is 0.0648. The Hall–Kier alpha value is -0.260. The molecular formula is C8H17F2NO2. The first-order valence-electron chi connectivity index (χ1n) is 4.13. The van der Waals surface area contributed by atoms with Gasteiger partial charge in [0, 0.05) is 18.6 Å². The zero-order chi connectivity index (χ0) is 10.5. The molecule has 0 bridgehead atoms. The smallest absolute Gasteiger partial charge is 0.282 e. The molecule has 0 aliphatic heterocycles. The van der Waals surface area contributed by atoms with E-state index in [0.29, 0.717) is 6.54 Å². The summed E-state index contributed by atoms with van der Waals surface area (Å²) in [4.78, 5) is 0. The first kappa shape index (κ1) is 12.7. The molecule has 0 aromatic rings. The fourth-order valence-corrected chi connectivity index (χ4v) is 0.696. The maximum absolute atomic E-state index is 12.5. The molecule has 0 aliphatic rings. The Morgan fingerprint density at radius 2 is 1.62 bits per heavy atom. The van der Waals surface area contributed by atoms with Gasteiger partial charge in [0.05, 0.1) is 6.54 Å². The van der Waals surface area contributed by atoms with Crippen LogP contribution in [0.15, 0.2) is 0 Å². The van der Waals surface area contributed by atoms with Gasteiger partial charge in [0.1, 0.15) is 6.61 Å². The Labute approximate surface area is 76.8 Å². The van der Waals surface area contributed by atoms with Crippen LogP contribution in [0.3, 0.4) is 0 Å². The van der Waals surface area contributed by atoms with E-state index in [1.54, 1.807) is 13.8 Å². The van der Waals surface area contributed by atoms with Crippen molar-refractivity contribution in [3.8, 4) is 0 Å². The lowest BCUT2D eigenvalue weighted by molar-refractivity contribution is -0.0492. The minimum atomic E-state index is -3.08. The molecule has 0 amide bonds. The molecule has 5 heteroatoms. The third-order valence-electron chi connectivity index (χ3n) is 1.65. The molecule has 0 aliphatic carbocycles. The van der Waals surface area contributed by atoms with Crippen molar-refractivity contribution in [2.75, 3.05) is 26.3 Å². The molecule has 0 unspecified atom stereocenters. The van der Waals surface area contributed by atoms with Crippen LogP contribution in [0, 0.1) is 5.41 Å². The lowest BCUT2D eigenvalue weighted by Gasteiger charge is -2.23. The predicted molar refractivity (Wildman–Crippen MR) is 45.8 cm³/mol. The monoisotopic (exact) mass is 197 g/mol. The van der Waals surface area contributed by atoms with Gasteiger partial charge in [-0.2, -0.15) is 0 Å². The number of nitrogens with one attached hydrogen (secondary N) is 1. The Balaban J connectivity index is 3.68. The molecule has 3 N–H and O–H groups in total. The zero-order valence-electron chi connectivity index (χ0n) is 7.98. The largest absolute Gasteiger partial charge is 0.396 e. The Bertz CT molecular complexity index is 135. The van der Waals surface area contributed by atoms with Crippen LogP contribution in [0.1, 0.15) is 13.8 Å². The van der Waals surface area contributed by atoms with Crippen molar-refractivity contribution in [3.63, 3.8) is 0 Å². The van der Waals surface area contributed by atoms with Crippen molar-refractivity contribution >= 4 is 0 Å². The minimum Gasteiger partial charge on any atom is -0.396 e. The maximum Gasteiger partial charge on any atom is 0.282 e. The van der Waals surface area contributed by atoms with Crippen LogP contribution in [-0.2, 0) is 0 Å². The second kappa shape index (κ2) is 4.83. The van der Waals surface area contributed by atoms with Gasteiger partial charge in [-0.05, 0) is 0 Å². The summed E-state index contributed by atoms with van der Waals surface area (Å²) in [7, 11) is 0. The molecule has 0 aromatic heterocycles. The maximum atomic E-state index is 12.5. The Morgan fingerprint density at radius 3 is 2.00 bits per heavy atom. The van der Waals surface area contributed by atoms with E-state index in [4.69, 9.17) is 10.2 Å². The van der Waals surface area contributed by atoms with Crippen LogP contribution in [0.25, 0.3) is 0 Å². The first-order chi connectivity index (χ1) is 5.83. The van der Waals surface area contributed by atoms with Crippen molar-refractivity contribution in [1.29, 1.82) is 0 Å². The molecule has 0 aromatic carbocycles. The van der Waals surface area contributed by atoms with E-state index < -0.39 is 24.5 Å². The summed E-state index contributed by atoms with van der Waals surface area (Å²) >= 11 is 0. The second-order valence-electron chi connectivity index (χ2n) is 3.94. The fraction of sp³-hybridized carbons (Fsp3) is 1.00. The molecule has 0 rings (SSSR count). The van der Waals surface area contributed by atoms with Crippen LogP contribution in [0.4, 0.5) is 8.78 Å². The number of halogens is 2. The van der Waals surface area contributed by atoms with E-state index in [1.807, 2.05) is 0 Å². The average molecular weight is 197 g/mol. The molecule has 0 radical (unpaired) electrons. The van der Waals surface area contributed by atoms with Gasteiger partial charge >= 0.3 is 0 Å². The molecule has 0 atom stereocenters. The van der Waals surface area contributed by atoms with Crippen molar-refractivity contribution < 1.29 is 19.0 Å². The molecule has 0 fully saturated rings. The number of hydrogen-bond acceptors (Lipinski definition) is 3. The van der Waals surface area contributed by atoms with Gasteiger partial charge in [0.2, 0.25) is 0 Å². The fourth-order valence-electron chi connectivity index (χ4n) is 0.696. The standard InChI is InChI=1S/C8H17F2NO2/c1-7(2,5-12)3-11-4-8(9,10)6-13/h11-13H,3-6H2,1-2H3. The van der Waals surface area contributed by atoms with Crippen molar-refractivity contribution in [1.82, 2.24) is 5.32 Å². The zero-order valence-corrected chi connectivity index (χ0v) is 7.98. The van der Waals surface area contributed by atoms with Gasteiger partial charge in [0.15, 0.2) is 0 Å². The topological polar surface area (TPSA) is 52.5 Å². The van der Waals surface area contributed by atoms with Gasteiger partial charge in [-0.25, -0.2) is 8.78 Å². The second-order valence-corrected chi connectivity index (χ2v) is 3.94. The number of aliphatic hydroxyl groups excluding tert-OH is 2. The van der Waals surface area contributed by atoms with Crippen LogP contribution >= 0.6 is 0 Å². The highest BCUT2D eigenvalue weighted by atomic mass is 19.3. The van der Waals surface area contributed by atoms with Crippen molar-refractivity contribution in [3.05, 3.63) is 0 Å². The van der Waals surface area contributed by atoms with E-state index in [0.717, 1.165) is 0 Å². The molecule has 0 spiro atoms. The molecular weight excluding hydrogens is 180 g/mol. The number of alkyl halides is 2. The van der Waals surface area contributed by atoms with Gasteiger partial charge < -0.3 is 15.5 Å². The van der Waals surface area contributed by atoms with E-state index in [1.165, 1.54) is 0 Å². The van der Waals surface area contributed by atoms with E-state index >= 15 is 0 Å². The lowest BCUT2D eigenvalue weighted by atomic mass is 9.95. The van der Waals surface area contributed by atoms with Gasteiger partial charge in [-0.15, -0.1) is 0 Å². The van der Waals surface area contributed by atoms with E-state index in [9.17, 15) is 8.78 Å². The van der Waals surface area contributed by atoms with Gasteiger partial charge in [-0.3, -0.25) is 0 Å². The quantitative estimate of drug-likeness (QED) is 0.571. The number of rotatable bonds is 6. The molecule has 3 nitrogen and oxygen atoms in total. The van der Waals surface area contributed by atoms with Gasteiger partial charge in [0.25, 0.3) is 5.92 Å². The van der Waals surface area contributed by atoms with Gasteiger partial charge in [-0.1, -0.05) is 13.8 Å². The van der Waals surface area contributed by atoms with Crippen molar-refractivity contribution in [2.24, 2.45) is 5.41 Å². The number of aliphatic hydroxyl groups is 2. The Morgan fingerprint density at radius 1 is 1.08 bits per heavy atom. The normalized spacial score (nSPS) is 13.4. The summed E-state index contributed by atoms with van der Waals surface area (Å²) in [6.45, 7) is 2.03. The summed E-state index contributed by atoms with van der Waals surface area (Å²) in [5, 5.41) is 19.5. The third-order valence-corrected chi connectivity index (χ3v) is 1.65. The summed E-state index contributed by atoms with van der Waals surface area (Å²) in [6, 6.07) is 0. The highest BCUT2D eigenvalue weighted by Gasteiger charge is 2.28. The Kier molecular flexibility index (Phi) is 4.74. The highest BCUT2D eigenvalue weighted by Crippen LogP contribution is 2.13. The SMILES string of the molecule is CC(C)(CO)CNCC(F)(F)CO. The van der Waals surface area contributed by atoms with Crippen LogP contribution in [0.2, 0.25) is 0 Å². The highest BCUT2D eigenvalue weighted by molar-refractivity contribution is 4.74. The summed E-state index contributed by atoms with van der Waals surface area (Å²) < 4.78 is 24.9.